The summed E-state index contributed by atoms with van der Waals surface area (Å²) < 4.78 is 7.55. The third-order valence-corrected chi connectivity index (χ3v) is 5.50. The molecule has 1 amide bonds. The van der Waals surface area contributed by atoms with Gasteiger partial charge in [-0.15, -0.1) is 0 Å². The normalized spacial score (nSPS) is 29.8. The highest BCUT2D eigenvalue weighted by Crippen LogP contribution is 2.34. The first-order valence-electron chi connectivity index (χ1n) is 7.24. The number of thioether (sulfide) groups is 1. The molecule has 0 unspecified atom stereocenters. The minimum Gasteiger partial charge on any atom is -0.371 e. The zero-order chi connectivity index (χ0) is 13.9. The summed E-state index contributed by atoms with van der Waals surface area (Å²) in [6.45, 7) is 1.43. The van der Waals surface area contributed by atoms with E-state index < -0.39 is 0 Å². The molecule has 0 spiro atoms. The van der Waals surface area contributed by atoms with Crippen LogP contribution in [0, 0.1) is 5.92 Å². The smallest absolute Gasteiger partial charge is 0.226 e. The zero-order valence-corrected chi connectivity index (χ0v) is 12.6. The van der Waals surface area contributed by atoms with E-state index in [9.17, 15) is 4.79 Å². The Balaban J connectivity index is 1.60. The highest BCUT2D eigenvalue weighted by molar-refractivity contribution is 8.00. The highest BCUT2D eigenvalue weighted by Gasteiger charge is 2.36. The summed E-state index contributed by atoms with van der Waals surface area (Å²) >= 11 is 1.97. The van der Waals surface area contributed by atoms with E-state index in [4.69, 9.17) is 4.74 Å². The predicted molar refractivity (Wildman–Crippen MR) is 78.5 cm³/mol. The molecule has 110 valence electrons. The lowest BCUT2D eigenvalue weighted by Gasteiger charge is -2.19. The van der Waals surface area contributed by atoms with Crippen LogP contribution in [-0.2, 0) is 16.6 Å². The molecule has 0 radical (unpaired) electrons. The third-order valence-electron chi connectivity index (χ3n) is 4.11. The van der Waals surface area contributed by atoms with E-state index in [1.165, 1.54) is 18.6 Å². The standard InChI is InChI=1S/C14H21N3O2S/c1-17-12(4-6-16-17)13-11(5-7-19-13)14(18)15-9-10-3-2-8-20-10/h4,6,10-11,13H,2-3,5,7-9H2,1H3,(H,15,18)/t10-,11-,13-/m1/s1. The number of ether oxygens (including phenoxy) is 1. The fourth-order valence-corrected chi connectivity index (χ4v) is 4.16. The molecule has 3 atom stereocenters. The number of aryl methyl sites for hydroxylation is 1. The van der Waals surface area contributed by atoms with Gasteiger partial charge >= 0.3 is 0 Å². The number of amides is 1. The van der Waals surface area contributed by atoms with Gasteiger partial charge in [0.15, 0.2) is 0 Å². The van der Waals surface area contributed by atoms with Crippen LogP contribution in [-0.4, -0.2) is 39.8 Å². The van der Waals surface area contributed by atoms with Gasteiger partial charge in [0, 0.05) is 31.6 Å². The van der Waals surface area contributed by atoms with Crippen molar-refractivity contribution < 1.29 is 9.53 Å². The van der Waals surface area contributed by atoms with Crippen LogP contribution in [0.5, 0.6) is 0 Å². The van der Waals surface area contributed by atoms with Gasteiger partial charge in [0.25, 0.3) is 0 Å². The first kappa shape index (κ1) is 13.9. The van der Waals surface area contributed by atoms with Crippen LogP contribution in [0.25, 0.3) is 0 Å². The maximum atomic E-state index is 12.4. The molecule has 2 fully saturated rings. The number of aromatic nitrogens is 2. The molecule has 6 heteroatoms. The van der Waals surface area contributed by atoms with Crippen LogP contribution in [0.1, 0.15) is 31.1 Å². The van der Waals surface area contributed by atoms with Crippen molar-refractivity contribution in [3.05, 3.63) is 18.0 Å². The van der Waals surface area contributed by atoms with E-state index >= 15 is 0 Å². The van der Waals surface area contributed by atoms with Crippen molar-refractivity contribution in [1.82, 2.24) is 15.1 Å². The fourth-order valence-electron chi connectivity index (χ4n) is 2.96. The Morgan fingerprint density at radius 2 is 2.50 bits per heavy atom. The van der Waals surface area contributed by atoms with Crippen molar-refractivity contribution in [3.63, 3.8) is 0 Å². The molecular formula is C14H21N3O2S. The summed E-state index contributed by atoms with van der Waals surface area (Å²) in [4.78, 5) is 12.4. The van der Waals surface area contributed by atoms with Crippen LogP contribution in [0.15, 0.2) is 12.3 Å². The second kappa shape index (κ2) is 6.18. The lowest BCUT2D eigenvalue weighted by molar-refractivity contribution is -0.126. The van der Waals surface area contributed by atoms with Gasteiger partial charge < -0.3 is 10.1 Å². The maximum Gasteiger partial charge on any atom is 0.226 e. The SMILES string of the molecule is Cn1nccc1[C@@H]1OCC[C@H]1C(=O)NC[C@H]1CCCS1. The summed E-state index contributed by atoms with van der Waals surface area (Å²) in [7, 11) is 1.89. The number of nitrogens with one attached hydrogen (secondary N) is 1. The van der Waals surface area contributed by atoms with Gasteiger partial charge in [0.05, 0.1) is 11.6 Å². The lowest BCUT2D eigenvalue weighted by Crippen LogP contribution is -2.36. The predicted octanol–water partition coefficient (Wildman–Crippen LogP) is 1.51. The molecule has 3 rings (SSSR count). The van der Waals surface area contributed by atoms with Crippen LogP contribution < -0.4 is 5.32 Å². The Morgan fingerprint density at radius 1 is 1.60 bits per heavy atom. The van der Waals surface area contributed by atoms with Gasteiger partial charge in [-0.05, 0) is 31.1 Å². The van der Waals surface area contributed by atoms with Gasteiger partial charge in [0.2, 0.25) is 5.91 Å². The van der Waals surface area contributed by atoms with E-state index in [2.05, 4.69) is 10.4 Å². The molecule has 0 bridgehead atoms. The van der Waals surface area contributed by atoms with Crippen molar-refractivity contribution >= 4 is 17.7 Å². The second-order valence-electron chi connectivity index (χ2n) is 5.45. The first-order valence-corrected chi connectivity index (χ1v) is 8.29. The van der Waals surface area contributed by atoms with E-state index in [0.717, 1.165) is 18.7 Å². The number of nitrogens with zero attached hydrogens (tertiary/aromatic N) is 2. The number of hydrogen-bond acceptors (Lipinski definition) is 4. The molecule has 1 N–H and O–H groups in total. The Bertz CT molecular complexity index is 471. The average molecular weight is 295 g/mol. The lowest BCUT2D eigenvalue weighted by atomic mass is 9.98. The number of carbonyl (C=O) groups excluding carboxylic acids is 1. The van der Waals surface area contributed by atoms with Gasteiger partial charge in [-0.25, -0.2) is 0 Å². The average Bonchev–Trinajstić information content (AvgIpc) is 3.16. The number of hydrogen-bond donors (Lipinski definition) is 1. The van der Waals surface area contributed by atoms with Gasteiger partial charge in [-0.3, -0.25) is 9.48 Å². The Labute approximate surface area is 123 Å². The Morgan fingerprint density at radius 3 is 3.20 bits per heavy atom. The first-order chi connectivity index (χ1) is 9.75. The molecule has 20 heavy (non-hydrogen) atoms. The quantitative estimate of drug-likeness (QED) is 0.915. The van der Waals surface area contributed by atoms with Crippen molar-refractivity contribution in [2.75, 3.05) is 18.9 Å². The summed E-state index contributed by atoms with van der Waals surface area (Å²) in [5.74, 6) is 1.27. The van der Waals surface area contributed by atoms with Crippen LogP contribution in [0.2, 0.25) is 0 Å². The van der Waals surface area contributed by atoms with Crippen LogP contribution in [0.3, 0.4) is 0 Å². The molecule has 2 saturated heterocycles. The summed E-state index contributed by atoms with van der Waals surface area (Å²) in [6.07, 6.45) is 4.88. The summed E-state index contributed by atoms with van der Waals surface area (Å²) in [5.41, 5.74) is 0.984. The van der Waals surface area contributed by atoms with E-state index in [1.54, 1.807) is 10.9 Å². The molecule has 0 saturated carbocycles. The topological polar surface area (TPSA) is 56.2 Å². The Kier molecular flexibility index (Phi) is 4.31. The largest absolute Gasteiger partial charge is 0.371 e. The molecule has 0 aliphatic carbocycles. The van der Waals surface area contributed by atoms with E-state index in [0.29, 0.717) is 11.9 Å². The van der Waals surface area contributed by atoms with Crippen molar-refractivity contribution in [1.29, 1.82) is 0 Å². The van der Waals surface area contributed by atoms with Crippen molar-refractivity contribution in [2.45, 2.75) is 30.6 Å². The maximum absolute atomic E-state index is 12.4. The van der Waals surface area contributed by atoms with Crippen molar-refractivity contribution in [3.8, 4) is 0 Å². The zero-order valence-electron chi connectivity index (χ0n) is 11.7. The minimum absolute atomic E-state index is 0.0863. The fraction of sp³-hybridized carbons (Fsp3) is 0.714. The van der Waals surface area contributed by atoms with Crippen LogP contribution in [0.4, 0.5) is 0 Å². The number of carbonyl (C=O) groups is 1. The second-order valence-corrected chi connectivity index (χ2v) is 6.85. The molecular weight excluding hydrogens is 274 g/mol. The molecule has 1 aromatic rings. The molecule has 0 aromatic carbocycles. The number of rotatable bonds is 4. The Hall–Kier alpha value is -1.01. The van der Waals surface area contributed by atoms with Gasteiger partial charge in [-0.2, -0.15) is 16.9 Å². The molecule has 5 nitrogen and oxygen atoms in total. The van der Waals surface area contributed by atoms with Gasteiger partial charge in [0.1, 0.15) is 6.10 Å². The molecule has 2 aliphatic heterocycles. The highest BCUT2D eigenvalue weighted by atomic mass is 32.2. The molecule has 2 aliphatic rings. The van der Waals surface area contributed by atoms with E-state index in [-0.39, 0.29) is 17.9 Å². The molecule has 3 heterocycles. The van der Waals surface area contributed by atoms with Crippen LogP contribution >= 0.6 is 11.8 Å². The summed E-state index contributed by atoms with van der Waals surface area (Å²) in [6, 6.07) is 1.93. The molecule has 1 aromatic heterocycles. The van der Waals surface area contributed by atoms with E-state index in [1.807, 2.05) is 24.9 Å². The minimum atomic E-state index is -0.154. The summed E-state index contributed by atoms with van der Waals surface area (Å²) in [5, 5.41) is 7.87. The monoisotopic (exact) mass is 295 g/mol. The van der Waals surface area contributed by atoms with Crippen molar-refractivity contribution in [2.24, 2.45) is 13.0 Å². The third kappa shape index (κ3) is 2.86. The van der Waals surface area contributed by atoms with Gasteiger partial charge in [-0.1, -0.05) is 0 Å².